The monoisotopic (exact) mass is 182 g/mol. The van der Waals surface area contributed by atoms with E-state index in [2.05, 4.69) is 20.4 Å². The predicted molar refractivity (Wildman–Crippen MR) is 51.1 cm³/mol. The molecule has 3 rings (SSSR count). The molecule has 0 saturated carbocycles. The topological polar surface area (TPSA) is 30.5 Å². The minimum absolute atomic E-state index is 0.578. The molecular formula is C9H18N4. The first kappa shape index (κ1) is 8.17. The standard InChI is InChI=1S/C9H18N4/c1-3-10-8-9-11-4-2-6-13(9)7-12(8)5-1/h8-11H,1-7H2/t8-,9+. The highest BCUT2D eigenvalue weighted by molar-refractivity contribution is 4.93. The maximum Gasteiger partial charge on any atom is 0.0904 e. The summed E-state index contributed by atoms with van der Waals surface area (Å²) in [5, 5.41) is 7.20. The number of hydrogen-bond acceptors (Lipinski definition) is 4. The van der Waals surface area contributed by atoms with Crippen LogP contribution in [0.4, 0.5) is 0 Å². The van der Waals surface area contributed by atoms with Crippen LogP contribution < -0.4 is 10.6 Å². The van der Waals surface area contributed by atoms with Crippen molar-refractivity contribution in [3.63, 3.8) is 0 Å². The Labute approximate surface area is 79.3 Å². The van der Waals surface area contributed by atoms with Gasteiger partial charge in [-0.15, -0.1) is 0 Å². The third-order valence-electron chi connectivity index (χ3n) is 3.40. The number of nitrogens with zero attached hydrogens (tertiary/aromatic N) is 2. The fraction of sp³-hybridized carbons (Fsp3) is 1.00. The van der Waals surface area contributed by atoms with E-state index in [1.54, 1.807) is 0 Å². The van der Waals surface area contributed by atoms with Crippen molar-refractivity contribution >= 4 is 0 Å². The summed E-state index contributed by atoms with van der Waals surface area (Å²) in [4.78, 5) is 5.12. The van der Waals surface area contributed by atoms with Crippen molar-refractivity contribution in [3.05, 3.63) is 0 Å². The second kappa shape index (κ2) is 3.20. The summed E-state index contributed by atoms with van der Waals surface area (Å²) >= 11 is 0. The molecule has 4 nitrogen and oxygen atoms in total. The number of rotatable bonds is 0. The minimum Gasteiger partial charge on any atom is -0.299 e. The Morgan fingerprint density at radius 3 is 1.92 bits per heavy atom. The molecule has 0 aliphatic carbocycles. The normalized spacial score (nSPS) is 41.5. The Hall–Kier alpha value is -0.160. The summed E-state index contributed by atoms with van der Waals surface area (Å²) in [7, 11) is 0. The van der Waals surface area contributed by atoms with E-state index in [0.717, 1.165) is 6.67 Å². The van der Waals surface area contributed by atoms with E-state index in [0.29, 0.717) is 12.3 Å². The van der Waals surface area contributed by atoms with Crippen molar-refractivity contribution in [1.82, 2.24) is 20.4 Å². The van der Waals surface area contributed by atoms with E-state index in [-0.39, 0.29) is 0 Å². The Morgan fingerprint density at radius 2 is 1.38 bits per heavy atom. The number of nitrogens with one attached hydrogen (secondary N) is 2. The van der Waals surface area contributed by atoms with E-state index >= 15 is 0 Å². The van der Waals surface area contributed by atoms with Gasteiger partial charge in [-0.05, 0) is 25.9 Å². The summed E-state index contributed by atoms with van der Waals surface area (Å²) < 4.78 is 0. The molecule has 3 heterocycles. The highest BCUT2D eigenvalue weighted by Crippen LogP contribution is 2.22. The Kier molecular flexibility index (Phi) is 2.01. The predicted octanol–water partition coefficient (Wildman–Crippen LogP) is -0.800. The molecule has 0 aromatic heterocycles. The molecule has 3 aliphatic rings. The molecule has 74 valence electrons. The molecule has 0 radical (unpaired) electrons. The van der Waals surface area contributed by atoms with Crippen LogP contribution in [-0.2, 0) is 0 Å². The van der Waals surface area contributed by atoms with Gasteiger partial charge in [0.2, 0.25) is 0 Å². The highest BCUT2D eigenvalue weighted by atomic mass is 15.5. The van der Waals surface area contributed by atoms with Crippen molar-refractivity contribution in [2.75, 3.05) is 32.8 Å². The van der Waals surface area contributed by atoms with Gasteiger partial charge >= 0.3 is 0 Å². The van der Waals surface area contributed by atoms with Gasteiger partial charge in [0.25, 0.3) is 0 Å². The summed E-state index contributed by atoms with van der Waals surface area (Å²) in [6.45, 7) is 6.08. The Bertz CT molecular complexity index is 176. The van der Waals surface area contributed by atoms with Crippen molar-refractivity contribution < 1.29 is 0 Å². The molecule has 0 bridgehead atoms. The molecule has 2 atom stereocenters. The number of fused-ring (bicyclic) bond motifs is 3. The summed E-state index contributed by atoms with van der Waals surface area (Å²) in [6.07, 6.45) is 3.76. The molecule has 0 amide bonds. The first-order chi connectivity index (χ1) is 6.45. The van der Waals surface area contributed by atoms with Crippen LogP contribution in [0.2, 0.25) is 0 Å². The lowest BCUT2D eigenvalue weighted by molar-refractivity contribution is 0.152. The molecule has 0 spiro atoms. The zero-order valence-electron chi connectivity index (χ0n) is 8.00. The van der Waals surface area contributed by atoms with Gasteiger partial charge in [-0.25, -0.2) is 0 Å². The van der Waals surface area contributed by atoms with Crippen molar-refractivity contribution in [1.29, 1.82) is 0 Å². The van der Waals surface area contributed by atoms with Gasteiger partial charge in [0.1, 0.15) is 0 Å². The van der Waals surface area contributed by atoms with Gasteiger partial charge < -0.3 is 0 Å². The quantitative estimate of drug-likeness (QED) is 0.513. The average molecular weight is 182 g/mol. The van der Waals surface area contributed by atoms with Crippen LogP contribution in [0.15, 0.2) is 0 Å². The second-order valence-electron chi connectivity index (χ2n) is 4.27. The molecule has 0 aromatic rings. The van der Waals surface area contributed by atoms with Gasteiger partial charge in [0, 0.05) is 13.1 Å². The Morgan fingerprint density at radius 1 is 0.846 bits per heavy atom. The van der Waals surface area contributed by atoms with Gasteiger partial charge in [-0.2, -0.15) is 0 Å². The van der Waals surface area contributed by atoms with Crippen molar-refractivity contribution in [3.8, 4) is 0 Å². The van der Waals surface area contributed by atoms with E-state index in [4.69, 9.17) is 0 Å². The number of hydrogen-bond donors (Lipinski definition) is 2. The molecule has 0 aromatic carbocycles. The van der Waals surface area contributed by atoms with E-state index < -0.39 is 0 Å². The fourth-order valence-corrected chi connectivity index (χ4v) is 2.77. The lowest BCUT2D eigenvalue weighted by atomic mass is 10.2. The van der Waals surface area contributed by atoms with Crippen LogP contribution in [0.3, 0.4) is 0 Å². The third-order valence-corrected chi connectivity index (χ3v) is 3.40. The summed E-state index contributed by atoms with van der Waals surface area (Å²) in [5.41, 5.74) is 0. The first-order valence-corrected chi connectivity index (χ1v) is 5.40. The van der Waals surface area contributed by atoms with E-state index in [1.807, 2.05) is 0 Å². The molecule has 3 fully saturated rings. The van der Waals surface area contributed by atoms with Crippen LogP contribution in [0, 0.1) is 0 Å². The maximum absolute atomic E-state index is 3.60. The van der Waals surface area contributed by atoms with Crippen LogP contribution in [0.5, 0.6) is 0 Å². The molecule has 4 heteroatoms. The molecule has 2 N–H and O–H groups in total. The van der Waals surface area contributed by atoms with Gasteiger partial charge in [0.05, 0.1) is 19.0 Å². The Balaban J connectivity index is 1.76. The fourth-order valence-electron chi connectivity index (χ4n) is 2.77. The van der Waals surface area contributed by atoms with E-state index in [9.17, 15) is 0 Å². The maximum atomic E-state index is 3.60. The van der Waals surface area contributed by atoms with Crippen molar-refractivity contribution in [2.45, 2.75) is 25.2 Å². The zero-order valence-corrected chi connectivity index (χ0v) is 8.00. The van der Waals surface area contributed by atoms with Crippen molar-refractivity contribution in [2.24, 2.45) is 0 Å². The van der Waals surface area contributed by atoms with Crippen LogP contribution >= 0.6 is 0 Å². The van der Waals surface area contributed by atoms with Crippen LogP contribution in [0.1, 0.15) is 12.8 Å². The largest absolute Gasteiger partial charge is 0.299 e. The molecule has 13 heavy (non-hydrogen) atoms. The average Bonchev–Trinajstić information content (AvgIpc) is 2.56. The van der Waals surface area contributed by atoms with E-state index in [1.165, 1.54) is 39.0 Å². The molecule has 3 saturated heterocycles. The molecular weight excluding hydrogens is 164 g/mol. The third kappa shape index (κ3) is 1.29. The smallest absolute Gasteiger partial charge is 0.0904 e. The molecule has 3 aliphatic heterocycles. The molecule has 0 unspecified atom stereocenters. The van der Waals surface area contributed by atoms with Crippen LogP contribution in [0.25, 0.3) is 0 Å². The SMILES string of the molecule is C1CN[C@@H]2[C@@H]3NCCCN3CN2C1. The minimum atomic E-state index is 0.578. The second-order valence-corrected chi connectivity index (χ2v) is 4.27. The summed E-state index contributed by atoms with van der Waals surface area (Å²) in [6, 6.07) is 0. The van der Waals surface area contributed by atoms with Gasteiger partial charge in [-0.1, -0.05) is 0 Å². The lowest BCUT2D eigenvalue weighted by Gasteiger charge is -2.35. The highest BCUT2D eigenvalue weighted by Gasteiger charge is 2.41. The van der Waals surface area contributed by atoms with Gasteiger partial charge in [-0.3, -0.25) is 20.4 Å². The summed E-state index contributed by atoms with van der Waals surface area (Å²) in [5.74, 6) is 0. The van der Waals surface area contributed by atoms with Crippen LogP contribution in [-0.4, -0.2) is 55.0 Å². The van der Waals surface area contributed by atoms with Gasteiger partial charge in [0.15, 0.2) is 0 Å². The lowest BCUT2D eigenvalue weighted by Crippen LogP contribution is -2.59. The zero-order chi connectivity index (χ0) is 8.67. The first-order valence-electron chi connectivity index (χ1n) is 5.40.